The summed E-state index contributed by atoms with van der Waals surface area (Å²) in [6.07, 6.45) is -0.381. The molecule has 1 N–H and O–H groups in total. The number of aliphatic hydroxyl groups excluding tert-OH is 1. The van der Waals surface area contributed by atoms with E-state index in [1.54, 1.807) is 12.1 Å². The number of rotatable bonds is 6. The number of carbonyl (C=O) groups is 1. The minimum atomic E-state index is -0.729. The summed E-state index contributed by atoms with van der Waals surface area (Å²) in [6.45, 7) is 2.09. The molecule has 132 valence electrons. The Labute approximate surface area is 146 Å². The summed E-state index contributed by atoms with van der Waals surface area (Å²) in [7, 11) is 0. The van der Waals surface area contributed by atoms with Crippen LogP contribution in [0.25, 0.3) is 0 Å². The van der Waals surface area contributed by atoms with Crippen molar-refractivity contribution in [1.29, 1.82) is 0 Å². The minimum Gasteiger partial charge on any atom is -0.387 e. The molecule has 0 bridgehead atoms. The predicted molar refractivity (Wildman–Crippen MR) is 92.9 cm³/mol. The number of nitrogens with zero attached hydrogens (tertiary/aromatic N) is 1. The highest BCUT2D eigenvalue weighted by molar-refractivity contribution is 5.96. The van der Waals surface area contributed by atoms with Crippen molar-refractivity contribution in [3.63, 3.8) is 0 Å². The smallest absolute Gasteiger partial charge is 0.164 e. The Kier molecular flexibility index (Phi) is 5.91. The Morgan fingerprint density at radius 3 is 2.64 bits per heavy atom. The first-order valence-corrected chi connectivity index (χ1v) is 8.47. The molecular weight excluding hydrogens is 321 g/mol. The summed E-state index contributed by atoms with van der Waals surface area (Å²) in [4.78, 5) is 14.5. The maximum absolute atomic E-state index is 13.0. The van der Waals surface area contributed by atoms with Crippen LogP contribution >= 0.6 is 0 Å². The first-order valence-electron chi connectivity index (χ1n) is 8.47. The van der Waals surface area contributed by atoms with Gasteiger partial charge in [-0.25, -0.2) is 4.39 Å². The topological polar surface area (TPSA) is 49.8 Å². The molecule has 1 heterocycles. The molecule has 2 atom stereocenters. The number of ketones is 1. The Bertz CT molecular complexity index is 690. The summed E-state index contributed by atoms with van der Waals surface area (Å²) in [5, 5.41) is 10.4. The van der Waals surface area contributed by atoms with Crippen molar-refractivity contribution in [3.05, 3.63) is 71.5 Å². The van der Waals surface area contributed by atoms with Crippen LogP contribution in [0, 0.1) is 5.82 Å². The zero-order chi connectivity index (χ0) is 17.6. The molecule has 0 radical (unpaired) electrons. The van der Waals surface area contributed by atoms with Gasteiger partial charge in [-0.3, -0.25) is 9.69 Å². The van der Waals surface area contributed by atoms with E-state index in [4.69, 9.17) is 4.74 Å². The number of aliphatic hydroxyl groups is 1. The van der Waals surface area contributed by atoms with Gasteiger partial charge < -0.3 is 9.84 Å². The molecule has 4 nitrogen and oxygen atoms in total. The van der Waals surface area contributed by atoms with Gasteiger partial charge >= 0.3 is 0 Å². The summed E-state index contributed by atoms with van der Waals surface area (Å²) in [5.74, 6) is -0.258. The molecule has 0 aliphatic carbocycles. The van der Waals surface area contributed by atoms with E-state index in [0.29, 0.717) is 43.9 Å². The van der Waals surface area contributed by atoms with E-state index in [1.807, 2.05) is 30.3 Å². The zero-order valence-corrected chi connectivity index (χ0v) is 14.0. The van der Waals surface area contributed by atoms with Gasteiger partial charge in [0.2, 0.25) is 0 Å². The molecule has 0 unspecified atom stereocenters. The molecule has 1 aliphatic heterocycles. The van der Waals surface area contributed by atoms with Crippen LogP contribution in [0.2, 0.25) is 0 Å². The molecule has 3 rings (SSSR count). The Hall–Kier alpha value is -2.08. The van der Waals surface area contributed by atoms with Crippen molar-refractivity contribution >= 4 is 5.78 Å². The van der Waals surface area contributed by atoms with Crippen molar-refractivity contribution in [2.24, 2.45) is 0 Å². The lowest BCUT2D eigenvalue weighted by Crippen LogP contribution is -2.48. The third-order valence-electron chi connectivity index (χ3n) is 4.53. The normalized spacial score (nSPS) is 19.5. The Balaban J connectivity index is 1.64. The van der Waals surface area contributed by atoms with Gasteiger partial charge in [-0.05, 0) is 17.7 Å². The molecule has 1 fully saturated rings. The molecule has 2 aromatic rings. The Morgan fingerprint density at radius 2 is 1.92 bits per heavy atom. The second-order valence-electron chi connectivity index (χ2n) is 6.28. The lowest BCUT2D eigenvalue weighted by atomic mass is 10.0. The molecule has 1 aliphatic rings. The summed E-state index contributed by atoms with van der Waals surface area (Å²) < 4.78 is 18.6. The fourth-order valence-corrected chi connectivity index (χ4v) is 3.09. The number of Topliss-reactive ketones (excluding diaryl/α,β-unsaturated/α-hetero) is 1. The van der Waals surface area contributed by atoms with Crippen LogP contribution in [-0.4, -0.2) is 48.1 Å². The van der Waals surface area contributed by atoms with Gasteiger partial charge in [-0.2, -0.15) is 0 Å². The van der Waals surface area contributed by atoms with Gasteiger partial charge in [0.05, 0.1) is 19.3 Å². The molecule has 0 amide bonds. The van der Waals surface area contributed by atoms with Crippen LogP contribution in [0.15, 0.2) is 54.6 Å². The molecule has 0 aromatic heterocycles. The van der Waals surface area contributed by atoms with Crippen molar-refractivity contribution < 1.29 is 19.0 Å². The fraction of sp³-hybridized carbons (Fsp3) is 0.350. The van der Waals surface area contributed by atoms with Crippen LogP contribution < -0.4 is 0 Å². The van der Waals surface area contributed by atoms with E-state index < -0.39 is 6.10 Å². The second-order valence-corrected chi connectivity index (χ2v) is 6.28. The van der Waals surface area contributed by atoms with E-state index >= 15 is 0 Å². The van der Waals surface area contributed by atoms with Gasteiger partial charge in [-0.1, -0.05) is 42.5 Å². The standard InChI is InChI=1S/C20H22FNO3/c21-17-8-6-16(7-9-17)20(24)13-22-10-11-25-14-18(22)12-19(23)15-4-2-1-3-5-15/h1-9,18,20,24H,10-14H2/t18-,20-/m1/s1. The fourth-order valence-electron chi connectivity index (χ4n) is 3.09. The van der Waals surface area contributed by atoms with Crippen molar-refractivity contribution in [3.8, 4) is 0 Å². The van der Waals surface area contributed by atoms with E-state index in [0.717, 1.165) is 0 Å². The lowest BCUT2D eigenvalue weighted by molar-refractivity contribution is -0.0272. The summed E-state index contributed by atoms with van der Waals surface area (Å²) in [6, 6.07) is 15.0. The average Bonchev–Trinajstić information content (AvgIpc) is 2.64. The zero-order valence-electron chi connectivity index (χ0n) is 14.0. The SMILES string of the molecule is O=C(C[C@@H]1COCCN1C[C@@H](O)c1ccc(F)cc1)c1ccccc1. The van der Waals surface area contributed by atoms with Crippen molar-refractivity contribution in [2.45, 2.75) is 18.6 Å². The summed E-state index contributed by atoms with van der Waals surface area (Å²) >= 11 is 0. The van der Waals surface area contributed by atoms with Gasteiger partial charge in [0, 0.05) is 31.1 Å². The lowest BCUT2D eigenvalue weighted by Gasteiger charge is -2.36. The number of hydrogen-bond donors (Lipinski definition) is 1. The molecule has 0 spiro atoms. The highest BCUT2D eigenvalue weighted by atomic mass is 19.1. The maximum atomic E-state index is 13.0. The van der Waals surface area contributed by atoms with Crippen LogP contribution in [0.1, 0.15) is 28.4 Å². The van der Waals surface area contributed by atoms with E-state index in [1.165, 1.54) is 12.1 Å². The quantitative estimate of drug-likeness (QED) is 0.820. The second kappa shape index (κ2) is 8.34. The highest BCUT2D eigenvalue weighted by Gasteiger charge is 2.27. The van der Waals surface area contributed by atoms with Gasteiger partial charge in [-0.15, -0.1) is 0 Å². The number of ether oxygens (including phenoxy) is 1. The third kappa shape index (κ3) is 4.72. The van der Waals surface area contributed by atoms with E-state index in [2.05, 4.69) is 4.90 Å². The number of hydrogen-bond acceptors (Lipinski definition) is 4. The van der Waals surface area contributed by atoms with Gasteiger partial charge in [0.25, 0.3) is 0 Å². The largest absolute Gasteiger partial charge is 0.387 e. The molecule has 2 aromatic carbocycles. The van der Waals surface area contributed by atoms with Crippen LogP contribution in [0.5, 0.6) is 0 Å². The first-order chi connectivity index (χ1) is 12.1. The van der Waals surface area contributed by atoms with Crippen LogP contribution in [-0.2, 0) is 4.74 Å². The maximum Gasteiger partial charge on any atom is 0.164 e. The summed E-state index contributed by atoms with van der Waals surface area (Å²) in [5.41, 5.74) is 1.35. The van der Waals surface area contributed by atoms with Gasteiger partial charge in [0.1, 0.15) is 5.82 Å². The monoisotopic (exact) mass is 343 g/mol. The van der Waals surface area contributed by atoms with Crippen LogP contribution in [0.4, 0.5) is 4.39 Å². The Morgan fingerprint density at radius 1 is 1.20 bits per heavy atom. The van der Waals surface area contributed by atoms with Gasteiger partial charge in [0.15, 0.2) is 5.78 Å². The van der Waals surface area contributed by atoms with Crippen molar-refractivity contribution in [1.82, 2.24) is 4.90 Å². The minimum absolute atomic E-state index is 0.0670. The molecule has 25 heavy (non-hydrogen) atoms. The number of benzene rings is 2. The van der Waals surface area contributed by atoms with E-state index in [-0.39, 0.29) is 17.6 Å². The van der Waals surface area contributed by atoms with Crippen LogP contribution in [0.3, 0.4) is 0 Å². The first kappa shape index (κ1) is 17.7. The third-order valence-corrected chi connectivity index (χ3v) is 4.53. The number of carbonyl (C=O) groups excluding carboxylic acids is 1. The molecule has 5 heteroatoms. The molecular formula is C20H22FNO3. The number of β-amino-alcohol motifs (C(OH)–C–C–N with tert-alkyl or cyclic N) is 1. The molecule has 1 saturated heterocycles. The number of morpholine rings is 1. The highest BCUT2D eigenvalue weighted by Crippen LogP contribution is 2.20. The van der Waals surface area contributed by atoms with Crippen molar-refractivity contribution in [2.75, 3.05) is 26.3 Å². The number of halogens is 1. The predicted octanol–water partition coefficient (Wildman–Crippen LogP) is 2.83. The average molecular weight is 343 g/mol. The molecule has 0 saturated carbocycles. The van der Waals surface area contributed by atoms with E-state index in [9.17, 15) is 14.3 Å².